The summed E-state index contributed by atoms with van der Waals surface area (Å²) in [4.78, 5) is 24.8. The average molecular weight is 261 g/mol. The van der Waals surface area contributed by atoms with Gasteiger partial charge < -0.3 is 10.0 Å². The fraction of sp³-hybridized carbons (Fsp3) is 0.467. The van der Waals surface area contributed by atoms with Crippen LogP contribution in [-0.2, 0) is 16.1 Å². The van der Waals surface area contributed by atoms with Gasteiger partial charge in [0, 0.05) is 13.6 Å². The number of rotatable bonds is 4. The normalized spacial score (nSPS) is 21.6. The Bertz CT molecular complexity index is 498. The van der Waals surface area contributed by atoms with E-state index in [1.54, 1.807) is 11.9 Å². The van der Waals surface area contributed by atoms with Crippen LogP contribution in [0.25, 0.3) is 0 Å². The molecule has 1 fully saturated rings. The quantitative estimate of drug-likeness (QED) is 0.902. The lowest BCUT2D eigenvalue weighted by Crippen LogP contribution is -2.44. The smallest absolute Gasteiger partial charge is 0.307 e. The van der Waals surface area contributed by atoms with Crippen molar-refractivity contribution < 1.29 is 14.7 Å². The van der Waals surface area contributed by atoms with Gasteiger partial charge in [0.05, 0.1) is 11.8 Å². The summed E-state index contributed by atoms with van der Waals surface area (Å²) in [7, 11) is 1.74. The van der Waals surface area contributed by atoms with Gasteiger partial charge in [-0.2, -0.15) is 0 Å². The van der Waals surface area contributed by atoms with Crippen LogP contribution in [0, 0.1) is 18.8 Å². The van der Waals surface area contributed by atoms with Gasteiger partial charge in [-0.25, -0.2) is 0 Å². The van der Waals surface area contributed by atoms with Crippen LogP contribution >= 0.6 is 0 Å². The molecule has 0 aliphatic heterocycles. The Morgan fingerprint density at radius 3 is 2.42 bits per heavy atom. The van der Waals surface area contributed by atoms with E-state index in [9.17, 15) is 9.59 Å². The number of benzene rings is 1. The molecule has 0 saturated heterocycles. The van der Waals surface area contributed by atoms with Crippen LogP contribution in [0.3, 0.4) is 0 Å². The minimum Gasteiger partial charge on any atom is -0.481 e. The zero-order valence-electron chi connectivity index (χ0n) is 11.3. The molecule has 2 atom stereocenters. The Labute approximate surface area is 113 Å². The van der Waals surface area contributed by atoms with E-state index in [0.717, 1.165) is 11.1 Å². The van der Waals surface area contributed by atoms with Crippen molar-refractivity contribution in [2.24, 2.45) is 11.8 Å². The van der Waals surface area contributed by atoms with Gasteiger partial charge >= 0.3 is 5.97 Å². The van der Waals surface area contributed by atoms with Crippen molar-refractivity contribution in [1.29, 1.82) is 0 Å². The summed E-state index contributed by atoms with van der Waals surface area (Å²) in [6, 6.07) is 7.92. The lowest BCUT2D eigenvalue weighted by Gasteiger charge is -2.35. The number of carboxylic acids is 1. The highest BCUT2D eigenvalue weighted by Gasteiger charge is 2.42. The second-order valence-corrected chi connectivity index (χ2v) is 5.25. The second kappa shape index (κ2) is 5.43. The molecule has 4 heteroatoms. The maximum Gasteiger partial charge on any atom is 0.307 e. The first-order valence-corrected chi connectivity index (χ1v) is 6.53. The molecule has 1 aliphatic carbocycles. The summed E-state index contributed by atoms with van der Waals surface area (Å²) < 4.78 is 0. The number of carbonyl (C=O) groups is 2. The third kappa shape index (κ3) is 2.78. The first-order chi connectivity index (χ1) is 9.00. The van der Waals surface area contributed by atoms with Crippen LogP contribution in [-0.4, -0.2) is 28.9 Å². The number of carboxylic acid groups (broad SMARTS) is 1. The molecule has 1 aromatic carbocycles. The number of hydrogen-bond donors (Lipinski definition) is 1. The first-order valence-electron chi connectivity index (χ1n) is 6.53. The predicted molar refractivity (Wildman–Crippen MR) is 71.5 cm³/mol. The molecule has 0 radical (unpaired) electrons. The van der Waals surface area contributed by atoms with Gasteiger partial charge in [0.25, 0.3) is 0 Å². The molecular weight excluding hydrogens is 242 g/mol. The van der Waals surface area contributed by atoms with Crippen LogP contribution in [0.2, 0.25) is 0 Å². The van der Waals surface area contributed by atoms with Crippen molar-refractivity contribution in [3.8, 4) is 0 Å². The molecule has 19 heavy (non-hydrogen) atoms. The van der Waals surface area contributed by atoms with Crippen LogP contribution in [0.1, 0.15) is 24.0 Å². The van der Waals surface area contributed by atoms with E-state index in [1.165, 1.54) is 0 Å². The van der Waals surface area contributed by atoms with Crippen molar-refractivity contribution >= 4 is 11.9 Å². The SMILES string of the molecule is Cc1ccccc1CN(C)C(=O)C1CCC1C(=O)O. The lowest BCUT2D eigenvalue weighted by molar-refractivity contribution is -0.156. The van der Waals surface area contributed by atoms with Gasteiger partial charge in [0.15, 0.2) is 0 Å². The third-order valence-corrected chi connectivity index (χ3v) is 3.95. The van der Waals surface area contributed by atoms with Gasteiger partial charge in [-0.1, -0.05) is 24.3 Å². The summed E-state index contributed by atoms with van der Waals surface area (Å²) >= 11 is 0. The molecule has 1 aliphatic rings. The summed E-state index contributed by atoms with van der Waals surface area (Å²) in [5.74, 6) is -1.74. The number of hydrogen-bond acceptors (Lipinski definition) is 2. The largest absolute Gasteiger partial charge is 0.481 e. The molecule has 0 heterocycles. The average Bonchev–Trinajstić information content (AvgIpc) is 2.29. The van der Waals surface area contributed by atoms with Crippen molar-refractivity contribution in [2.45, 2.75) is 26.3 Å². The van der Waals surface area contributed by atoms with Crippen molar-refractivity contribution in [1.82, 2.24) is 4.90 Å². The molecule has 102 valence electrons. The van der Waals surface area contributed by atoms with E-state index >= 15 is 0 Å². The Kier molecular flexibility index (Phi) is 3.88. The van der Waals surface area contributed by atoms with Gasteiger partial charge in [-0.3, -0.25) is 9.59 Å². The van der Waals surface area contributed by atoms with Crippen LogP contribution < -0.4 is 0 Å². The van der Waals surface area contributed by atoms with Crippen LogP contribution in [0.15, 0.2) is 24.3 Å². The maximum atomic E-state index is 12.2. The van der Waals surface area contributed by atoms with E-state index in [-0.39, 0.29) is 11.8 Å². The molecule has 2 rings (SSSR count). The highest BCUT2D eigenvalue weighted by atomic mass is 16.4. The molecule has 1 N–H and O–H groups in total. The molecule has 1 aromatic rings. The molecule has 2 unspecified atom stereocenters. The van der Waals surface area contributed by atoms with E-state index < -0.39 is 11.9 Å². The minimum atomic E-state index is -0.853. The number of carbonyl (C=O) groups excluding carboxylic acids is 1. The molecule has 0 spiro atoms. The second-order valence-electron chi connectivity index (χ2n) is 5.25. The molecule has 0 bridgehead atoms. The van der Waals surface area contributed by atoms with Crippen molar-refractivity contribution in [3.63, 3.8) is 0 Å². The number of aryl methyl sites for hydroxylation is 1. The number of nitrogens with zero attached hydrogens (tertiary/aromatic N) is 1. The van der Waals surface area contributed by atoms with Crippen molar-refractivity contribution in [2.75, 3.05) is 7.05 Å². The molecule has 4 nitrogen and oxygen atoms in total. The van der Waals surface area contributed by atoms with Gasteiger partial charge in [0.2, 0.25) is 5.91 Å². The van der Waals surface area contributed by atoms with Crippen LogP contribution in [0.5, 0.6) is 0 Å². The highest BCUT2D eigenvalue weighted by Crippen LogP contribution is 2.35. The number of amides is 1. The van der Waals surface area contributed by atoms with Gasteiger partial charge in [-0.15, -0.1) is 0 Å². The fourth-order valence-electron chi connectivity index (χ4n) is 2.50. The van der Waals surface area contributed by atoms with E-state index in [4.69, 9.17) is 5.11 Å². The predicted octanol–water partition coefficient (Wildman–Crippen LogP) is 2.06. The highest BCUT2D eigenvalue weighted by molar-refractivity contribution is 5.86. The third-order valence-electron chi connectivity index (χ3n) is 3.95. The number of aliphatic carboxylic acids is 1. The van der Waals surface area contributed by atoms with E-state index in [0.29, 0.717) is 19.4 Å². The maximum absolute atomic E-state index is 12.2. The van der Waals surface area contributed by atoms with E-state index in [1.807, 2.05) is 31.2 Å². The minimum absolute atomic E-state index is 0.0538. The molecule has 1 amide bonds. The lowest BCUT2D eigenvalue weighted by atomic mass is 9.73. The molecule has 0 aromatic heterocycles. The van der Waals surface area contributed by atoms with Gasteiger partial charge in [-0.05, 0) is 30.9 Å². The van der Waals surface area contributed by atoms with Crippen molar-refractivity contribution in [3.05, 3.63) is 35.4 Å². The van der Waals surface area contributed by atoms with Gasteiger partial charge in [0.1, 0.15) is 0 Å². The topological polar surface area (TPSA) is 57.6 Å². The molecule has 1 saturated carbocycles. The Morgan fingerprint density at radius 2 is 1.89 bits per heavy atom. The fourth-order valence-corrected chi connectivity index (χ4v) is 2.50. The Balaban J connectivity index is 2.01. The van der Waals surface area contributed by atoms with Crippen LogP contribution in [0.4, 0.5) is 0 Å². The Hall–Kier alpha value is -1.84. The first kappa shape index (κ1) is 13.6. The molecular formula is C15H19NO3. The zero-order valence-corrected chi connectivity index (χ0v) is 11.3. The summed E-state index contributed by atoms with van der Waals surface area (Å²) in [6.07, 6.45) is 1.30. The Morgan fingerprint density at radius 1 is 1.26 bits per heavy atom. The van der Waals surface area contributed by atoms with E-state index in [2.05, 4.69) is 0 Å². The standard InChI is InChI=1S/C15H19NO3/c1-10-5-3-4-6-11(10)9-16(2)14(17)12-7-8-13(12)15(18)19/h3-6,12-13H,7-9H2,1-2H3,(H,18,19). The zero-order chi connectivity index (χ0) is 14.0. The summed E-state index contributed by atoms with van der Waals surface area (Å²) in [5.41, 5.74) is 2.25. The monoisotopic (exact) mass is 261 g/mol. The summed E-state index contributed by atoms with van der Waals surface area (Å²) in [5, 5.41) is 9.00. The summed E-state index contributed by atoms with van der Waals surface area (Å²) in [6.45, 7) is 2.55.